The Kier molecular flexibility index (Phi) is 6.73. The summed E-state index contributed by atoms with van der Waals surface area (Å²) in [5.41, 5.74) is 2.60. The predicted molar refractivity (Wildman–Crippen MR) is 124 cm³/mol. The van der Waals surface area contributed by atoms with Gasteiger partial charge in [0, 0.05) is 37.8 Å². The van der Waals surface area contributed by atoms with Crippen LogP contribution in [0.2, 0.25) is 0 Å². The van der Waals surface area contributed by atoms with Crippen LogP contribution in [0, 0.1) is 0 Å². The molecule has 0 spiro atoms. The van der Waals surface area contributed by atoms with Gasteiger partial charge in [-0.15, -0.1) is 0 Å². The van der Waals surface area contributed by atoms with Gasteiger partial charge < -0.3 is 20.9 Å². The Balaban J connectivity index is 1.29. The second-order valence-corrected chi connectivity index (χ2v) is 9.60. The Morgan fingerprint density at radius 2 is 1.45 bits per heavy atom. The third-order valence-corrected chi connectivity index (χ3v) is 6.91. The van der Waals surface area contributed by atoms with Gasteiger partial charge in [-0.3, -0.25) is 0 Å². The molecule has 1 aromatic heterocycles. The number of rotatable bonds is 5. The number of anilines is 2. The van der Waals surface area contributed by atoms with Crippen molar-refractivity contribution in [3.63, 3.8) is 0 Å². The van der Waals surface area contributed by atoms with E-state index in [1.54, 1.807) is 0 Å². The molecule has 3 aliphatic rings. The lowest BCUT2D eigenvalue weighted by atomic mass is 9.91. The van der Waals surface area contributed by atoms with Crippen molar-refractivity contribution in [2.24, 2.45) is 0 Å². The van der Waals surface area contributed by atoms with Gasteiger partial charge in [0.1, 0.15) is 5.82 Å². The first-order chi connectivity index (χ1) is 14.1. The number of nitrogens with zero attached hydrogens (tertiary/aromatic N) is 3. The molecule has 0 radical (unpaired) electrons. The van der Waals surface area contributed by atoms with Crippen LogP contribution in [0.15, 0.2) is 0 Å². The van der Waals surface area contributed by atoms with Crippen LogP contribution in [0.25, 0.3) is 0 Å². The van der Waals surface area contributed by atoms with Crippen molar-refractivity contribution in [1.82, 2.24) is 20.6 Å². The number of thiocarbonyl (C=S) groups is 1. The predicted octanol–water partition coefficient (Wildman–Crippen LogP) is 3.55. The van der Waals surface area contributed by atoms with Gasteiger partial charge in [-0.25, -0.2) is 4.98 Å². The lowest BCUT2D eigenvalue weighted by molar-refractivity contribution is 0.384. The van der Waals surface area contributed by atoms with Crippen LogP contribution >= 0.6 is 12.2 Å². The highest BCUT2D eigenvalue weighted by atomic mass is 32.1. The summed E-state index contributed by atoms with van der Waals surface area (Å²) in [7, 11) is 4.17. The number of nitrogens with one attached hydrogen (secondary N) is 3. The summed E-state index contributed by atoms with van der Waals surface area (Å²) in [5, 5.41) is 11.5. The minimum absolute atomic E-state index is 0.445. The van der Waals surface area contributed by atoms with Crippen molar-refractivity contribution in [2.75, 3.05) is 24.3 Å². The van der Waals surface area contributed by atoms with Crippen LogP contribution in [0.1, 0.15) is 75.5 Å². The van der Waals surface area contributed by atoms with Crippen LogP contribution < -0.4 is 20.9 Å². The van der Waals surface area contributed by atoms with Crippen molar-refractivity contribution >= 4 is 29.1 Å². The quantitative estimate of drug-likeness (QED) is 0.634. The molecule has 160 valence electrons. The molecular formula is C22H36N6S. The second-order valence-electron chi connectivity index (χ2n) is 9.19. The van der Waals surface area contributed by atoms with Crippen molar-refractivity contribution in [2.45, 2.75) is 95.2 Å². The average molecular weight is 417 g/mol. The Bertz CT molecular complexity index is 707. The molecule has 7 heteroatoms. The second kappa shape index (κ2) is 9.45. The van der Waals surface area contributed by atoms with Crippen LogP contribution in [-0.4, -0.2) is 47.3 Å². The number of hydrogen-bond donors (Lipinski definition) is 3. The lowest BCUT2D eigenvalue weighted by Gasteiger charge is -2.31. The number of fused-ring (bicyclic) bond motifs is 1. The molecule has 2 fully saturated rings. The maximum Gasteiger partial charge on any atom is 0.225 e. The van der Waals surface area contributed by atoms with Gasteiger partial charge >= 0.3 is 0 Å². The zero-order chi connectivity index (χ0) is 20.2. The van der Waals surface area contributed by atoms with E-state index in [1.165, 1.54) is 49.8 Å². The summed E-state index contributed by atoms with van der Waals surface area (Å²) >= 11 is 5.54. The first kappa shape index (κ1) is 20.6. The first-order valence-electron chi connectivity index (χ1n) is 11.5. The van der Waals surface area contributed by atoms with Gasteiger partial charge in [-0.2, -0.15) is 4.98 Å². The molecule has 0 aliphatic heterocycles. The van der Waals surface area contributed by atoms with E-state index in [0.29, 0.717) is 18.1 Å². The Labute approximate surface area is 180 Å². The monoisotopic (exact) mass is 416 g/mol. The summed E-state index contributed by atoms with van der Waals surface area (Å²) in [6, 6.07) is 1.51. The molecule has 0 unspecified atom stereocenters. The fourth-order valence-electron chi connectivity index (χ4n) is 5.06. The molecule has 1 aromatic rings. The summed E-state index contributed by atoms with van der Waals surface area (Å²) in [5.74, 6) is 1.90. The third kappa shape index (κ3) is 5.30. The van der Waals surface area contributed by atoms with E-state index >= 15 is 0 Å². The summed E-state index contributed by atoms with van der Waals surface area (Å²) in [6.07, 6.45) is 14.4. The number of hydrogen-bond acceptors (Lipinski definition) is 5. The van der Waals surface area contributed by atoms with Crippen molar-refractivity contribution in [3.8, 4) is 0 Å². The van der Waals surface area contributed by atoms with Gasteiger partial charge in [-0.1, -0.05) is 12.8 Å². The van der Waals surface area contributed by atoms with E-state index < -0.39 is 0 Å². The van der Waals surface area contributed by atoms with Gasteiger partial charge in [0.2, 0.25) is 5.95 Å². The molecule has 0 bridgehead atoms. The Morgan fingerprint density at radius 3 is 2.14 bits per heavy atom. The minimum Gasteiger partial charge on any atom is -0.362 e. The summed E-state index contributed by atoms with van der Waals surface area (Å²) in [4.78, 5) is 11.9. The molecule has 4 rings (SSSR count). The van der Waals surface area contributed by atoms with Crippen molar-refractivity contribution in [1.29, 1.82) is 0 Å². The molecule has 0 atom stereocenters. The van der Waals surface area contributed by atoms with Gasteiger partial charge in [0.05, 0.1) is 5.69 Å². The van der Waals surface area contributed by atoms with Crippen LogP contribution in [0.5, 0.6) is 0 Å². The molecule has 0 saturated heterocycles. The fourth-order valence-corrected chi connectivity index (χ4v) is 5.39. The zero-order valence-electron chi connectivity index (χ0n) is 18.0. The molecule has 1 heterocycles. The van der Waals surface area contributed by atoms with E-state index in [4.69, 9.17) is 22.2 Å². The molecule has 3 N–H and O–H groups in total. The third-order valence-electron chi connectivity index (χ3n) is 6.67. The highest BCUT2D eigenvalue weighted by Crippen LogP contribution is 2.29. The zero-order valence-corrected chi connectivity index (χ0v) is 18.8. The van der Waals surface area contributed by atoms with E-state index in [0.717, 1.165) is 55.4 Å². The van der Waals surface area contributed by atoms with Crippen molar-refractivity contribution in [3.05, 3.63) is 11.3 Å². The Hall–Kier alpha value is -1.63. The summed E-state index contributed by atoms with van der Waals surface area (Å²) < 4.78 is 0. The van der Waals surface area contributed by atoms with Crippen LogP contribution in [0.4, 0.5) is 11.8 Å². The number of aromatic nitrogens is 2. The van der Waals surface area contributed by atoms with E-state index in [1.807, 2.05) is 0 Å². The minimum atomic E-state index is 0.445. The topological polar surface area (TPSA) is 65.1 Å². The molecule has 3 aliphatic carbocycles. The van der Waals surface area contributed by atoms with Gasteiger partial charge in [0.15, 0.2) is 5.11 Å². The van der Waals surface area contributed by atoms with E-state index in [9.17, 15) is 0 Å². The largest absolute Gasteiger partial charge is 0.362 e. The first-order valence-corrected chi connectivity index (χ1v) is 11.9. The smallest absolute Gasteiger partial charge is 0.225 e. The molecule has 29 heavy (non-hydrogen) atoms. The molecular weight excluding hydrogens is 380 g/mol. The molecule has 2 saturated carbocycles. The molecule has 6 nitrogen and oxygen atoms in total. The maximum atomic E-state index is 5.54. The average Bonchev–Trinajstić information content (AvgIpc) is 3.21. The standard InChI is InChI=1S/C22H36N6S/c1-28(2)20-18-9-5-6-10-19(18)26-21(27-20)23-16-11-13-17(14-12-16)25-22(29)24-15-7-3-4-8-15/h15-17H,3-14H2,1-2H3,(H,23,26,27)(H2,24,25,29). The molecule has 0 amide bonds. The van der Waals surface area contributed by atoms with Gasteiger partial charge in [0.25, 0.3) is 0 Å². The Morgan fingerprint density at radius 1 is 0.828 bits per heavy atom. The van der Waals surface area contributed by atoms with Crippen LogP contribution in [-0.2, 0) is 12.8 Å². The SMILES string of the molecule is CN(C)c1nc(NC2CCC(NC(=S)NC3CCCC3)CC2)nc2c1CCCC2. The van der Waals surface area contributed by atoms with Crippen LogP contribution in [0.3, 0.4) is 0 Å². The highest BCUT2D eigenvalue weighted by molar-refractivity contribution is 7.80. The molecule has 0 aromatic carbocycles. The highest BCUT2D eigenvalue weighted by Gasteiger charge is 2.25. The maximum absolute atomic E-state index is 5.54. The van der Waals surface area contributed by atoms with Gasteiger partial charge in [-0.05, 0) is 76.4 Å². The van der Waals surface area contributed by atoms with Crippen molar-refractivity contribution < 1.29 is 0 Å². The summed E-state index contributed by atoms with van der Waals surface area (Å²) in [6.45, 7) is 0. The van der Waals surface area contributed by atoms with E-state index in [-0.39, 0.29) is 0 Å². The van der Waals surface area contributed by atoms with E-state index in [2.05, 4.69) is 34.9 Å². The lowest BCUT2D eigenvalue weighted by Crippen LogP contribution is -2.47. The fraction of sp³-hybridized carbons (Fsp3) is 0.773. The number of aryl methyl sites for hydroxylation is 1. The normalized spacial score (nSPS) is 24.6.